The van der Waals surface area contributed by atoms with E-state index in [1.165, 1.54) is 13.2 Å². The quantitative estimate of drug-likeness (QED) is 0.196. The average molecular weight is 704 g/mol. The first-order valence-corrected chi connectivity index (χ1v) is 18.2. The van der Waals surface area contributed by atoms with Gasteiger partial charge in [-0.2, -0.15) is 0 Å². The third-order valence-electron chi connectivity index (χ3n) is 10.2. The zero-order chi connectivity index (χ0) is 36.7. The summed E-state index contributed by atoms with van der Waals surface area (Å²) in [6, 6.07) is 10.0. The highest BCUT2D eigenvalue weighted by Gasteiger charge is 2.38. The van der Waals surface area contributed by atoms with Crippen LogP contribution in [0, 0.1) is 18.6 Å². The standard InChI is InChI=1S/C41H51F2N3O5/c1-9-29-26(3)35(36(39(47)48-8)51-40(4,5)6)38-45-18-16-41(7,17-19-45)49-20-11-10-13-25(2)50-34-23-32(43)31(42)22-30(34)27-14-12-15-28(21-27)33-24-46(38)37(29)44-33/h12,14-15,21-25,36H,9-11,13,16-20H2,1-8H3. The summed E-state index contributed by atoms with van der Waals surface area (Å²) >= 11 is 0. The fraction of sp³-hybridized carbons (Fsp3) is 0.512. The van der Waals surface area contributed by atoms with Crippen LogP contribution in [0.15, 0.2) is 42.6 Å². The zero-order valence-electron chi connectivity index (χ0n) is 31.2. The molecule has 0 saturated carbocycles. The number of esters is 1. The Hall–Kier alpha value is -4.02. The van der Waals surface area contributed by atoms with E-state index >= 15 is 0 Å². The highest BCUT2D eigenvalue weighted by Crippen LogP contribution is 2.42. The predicted molar refractivity (Wildman–Crippen MR) is 195 cm³/mol. The smallest absolute Gasteiger partial charge is 0.339 e. The monoisotopic (exact) mass is 703 g/mol. The molecular formula is C41H51F2N3O5. The Kier molecular flexibility index (Phi) is 10.5. The van der Waals surface area contributed by atoms with Crippen LogP contribution in [-0.4, -0.2) is 59.5 Å². The van der Waals surface area contributed by atoms with Crippen molar-refractivity contribution in [1.29, 1.82) is 0 Å². The van der Waals surface area contributed by atoms with Gasteiger partial charge >= 0.3 is 5.97 Å². The molecule has 2 atom stereocenters. The van der Waals surface area contributed by atoms with E-state index in [9.17, 15) is 13.6 Å². The van der Waals surface area contributed by atoms with Gasteiger partial charge < -0.3 is 23.8 Å². The van der Waals surface area contributed by atoms with Gasteiger partial charge in [-0.25, -0.2) is 18.6 Å². The summed E-state index contributed by atoms with van der Waals surface area (Å²) in [7, 11) is 1.39. The van der Waals surface area contributed by atoms with Crippen molar-refractivity contribution in [2.24, 2.45) is 0 Å². The van der Waals surface area contributed by atoms with Crippen LogP contribution in [0.1, 0.15) is 96.4 Å². The van der Waals surface area contributed by atoms with E-state index in [4.69, 9.17) is 23.9 Å². The fourth-order valence-corrected chi connectivity index (χ4v) is 7.43. The summed E-state index contributed by atoms with van der Waals surface area (Å²) in [4.78, 5) is 21.2. The number of nitrogens with zero attached hydrogens (tertiary/aromatic N) is 3. The van der Waals surface area contributed by atoms with Crippen molar-refractivity contribution in [3.05, 3.63) is 70.9 Å². The van der Waals surface area contributed by atoms with Crippen molar-refractivity contribution >= 4 is 17.4 Å². The molecule has 1 saturated heterocycles. The van der Waals surface area contributed by atoms with Crippen LogP contribution >= 0.6 is 0 Å². The van der Waals surface area contributed by atoms with Gasteiger partial charge in [0.25, 0.3) is 0 Å². The lowest BCUT2D eigenvalue weighted by Gasteiger charge is -2.42. The topological polar surface area (TPSA) is 74.5 Å². The van der Waals surface area contributed by atoms with Crippen LogP contribution < -0.4 is 9.64 Å². The SMILES string of the molecule is CCc1c(C)c(C(OC(C)(C)C)C(=O)OC)c2n3cc(nc13)-c1cccc(c1)-c1cc(F)c(F)cc1OC(C)CCCCOC1(C)CCN2CC1. The minimum atomic E-state index is -0.974. The van der Waals surface area contributed by atoms with Crippen LogP contribution in [0.5, 0.6) is 5.75 Å². The summed E-state index contributed by atoms with van der Waals surface area (Å²) in [5.41, 5.74) is 5.20. The lowest BCUT2D eigenvalue weighted by atomic mass is 9.91. The zero-order valence-corrected chi connectivity index (χ0v) is 31.2. The molecule has 1 fully saturated rings. The van der Waals surface area contributed by atoms with Gasteiger partial charge in [0.1, 0.15) is 17.2 Å². The Bertz CT molecular complexity index is 1910. The lowest BCUT2D eigenvalue weighted by molar-refractivity contribution is -0.164. The second-order valence-electron chi connectivity index (χ2n) is 15.2. The van der Waals surface area contributed by atoms with Crippen molar-refractivity contribution in [3.63, 3.8) is 0 Å². The number of pyridine rings is 1. The van der Waals surface area contributed by atoms with Crippen molar-refractivity contribution in [2.75, 3.05) is 31.7 Å². The maximum atomic E-state index is 14.8. The van der Waals surface area contributed by atoms with Gasteiger partial charge in [0.15, 0.2) is 17.7 Å². The molecular weight excluding hydrogens is 652 g/mol. The molecule has 4 aromatic rings. The molecule has 274 valence electrons. The number of carbonyl (C=O) groups is 1. The predicted octanol–water partition coefficient (Wildman–Crippen LogP) is 9.17. The Balaban J connectivity index is 1.60. The van der Waals surface area contributed by atoms with Crippen LogP contribution in [0.3, 0.4) is 0 Å². The number of fused-ring (bicyclic) bond motifs is 8. The average Bonchev–Trinajstić information content (AvgIpc) is 3.52. The summed E-state index contributed by atoms with van der Waals surface area (Å²) in [5, 5.41) is 0. The number of ether oxygens (including phenoxy) is 4. The number of halogens is 2. The summed E-state index contributed by atoms with van der Waals surface area (Å²) in [5.74, 6) is -1.22. The molecule has 5 heterocycles. The van der Waals surface area contributed by atoms with Crippen molar-refractivity contribution in [3.8, 4) is 28.1 Å². The van der Waals surface area contributed by atoms with E-state index < -0.39 is 29.3 Å². The Labute approximate surface area is 300 Å². The molecule has 2 aromatic carbocycles. The third-order valence-corrected chi connectivity index (χ3v) is 10.2. The number of aryl methyl sites for hydroxylation is 1. The third kappa shape index (κ3) is 7.63. The molecule has 0 radical (unpaired) electrons. The molecule has 8 nitrogen and oxygen atoms in total. The number of benzene rings is 2. The Morgan fingerprint density at radius 3 is 2.49 bits per heavy atom. The number of carbonyl (C=O) groups excluding carboxylic acids is 1. The van der Waals surface area contributed by atoms with Crippen molar-refractivity contribution < 1.29 is 32.5 Å². The second kappa shape index (κ2) is 14.5. The van der Waals surface area contributed by atoms with Gasteiger partial charge in [0.2, 0.25) is 0 Å². The maximum absolute atomic E-state index is 14.8. The van der Waals surface area contributed by atoms with Gasteiger partial charge in [-0.05, 0) is 109 Å². The number of anilines is 1. The molecule has 6 bridgehead atoms. The van der Waals surface area contributed by atoms with E-state index in [0.29, 0.717) is 48.7 Å². The minimum Gasteiger partial charge on any atom is -0.490 e. The molecule has 0 N–H and O–H groups in total. The van der Waals surface area contributed by atoms with Crippen LogP contribution in [0.25, 0.3) is 28.0 Å². The number of piperidine rings is 1. The number of aromatic nitrogens is 2. The highest BCUT2D eigenvalue weighted by atomic mass is 19.2. The van der Waals surface area contributed by atoms with Gasteiger partial charge in [-0.15, -0.1) is 0 Å². The van der Waals surface area contributed by atoms with E-state index in [1.807, 2.05) is 65.1 Å². The lowest BCUT2D eigenvalue weighted by Crippen LogP contribution is -2.45. The van der Waals surface area contributed by atoms with Crippen LogP contribution in [0.4, 0.5) is 14.6 Å². The molecule has 3 aliphatic heterocycles. The molecule has 2 unspecified atom stereocenters. The molecule has 2 aromatic heterocycles. The van der Waals surface area contributed by atoms with Gasteiger partial charge in [0.05, 0.1) is 30.1 Å². The molecule has 0 spiro atoms. The second-order valence-corrected chi connectivity index (χ2v) is 15.2. The van der Waals surface area contributed by atoms with Crippen LogP contribution in [0.2, 0.25) is 0 Å². The van der Waals surface area contributed by atoms with Crippen molar-refractivity contribution in [2.45, 2.75) is 110 Å². The highest BCUT2D eigenvalue weighted by molar-refractivity contribution is 5.83. The molecule has 51 heavy (non-hydrogen) atoms. The molecule has 0 amide bonds. The summed E-state index contributed by atoms with van der Waals surface area (Å²) in [6.45, 7) is 16.1. The van der Waals surface area contributed by atoms with E-state index in [1.54, 1.807) is 0 Å². The molecule has 10 heteroatoms. The summed E-state index contributed by atoms with van der Waals surface area (Å²) in [6.07, 6.45) is 5.55. The fourth-order valence-electron chi connectivity index (χ4n) is 7.43. The number of hydrogen-bond donors (Lipinski definition) is 0. The number of methoxy groups -OCH3 is 1. The van der Waals surface area contributed by atoms with Crippen LogP contribution in [-0.2, 0) is 25.4 Å². The molecule has 7 rings (SSSR count). The first kappa shape index (κ1) is 36.8. The number of imidazole rings is 1. The number of hydrogen-bond acceptors (Lipinski definition) is 7. The van der Waals surface area contributed by atoms with Crippen molar-refractivity contribution in [1.82, 2.24) is 9.38 Å². The Morgan fingerprint density at radius 1 is 1.10 bits per heavy atom. The van der Waals surface area contributed by atoms with Gasteiger partial charge in [0, 0.05) is 48.6 Å². The first-order valence-electron chi connectivity index (χ1n) is 18.2. The maximum Gasteiger partial charge on any atom is 0.339 e. The normalized spacial score (nSPS) is 20.6. The molecule has 3 aliphatic rings. The van der Waals surface area contributed by atoms with E-state index in [-0.39, 0.29) is 11.7 Å². The largest absolute Gasteiger partial charge is 0.490 e. The van der Waals surface area contributed by atoms with Gasteiger partial charge in [-0.3, -0.25) is 4.40 Å². The Morgan fingerprint density at radius 2 is 1.80 bits per heavy atom. The molecule has 0 aliphatic carbocycles. The number of rotatable bonds is 4. The van der Waals surface area contributed by atoms with E-state index in [2.05, 4.69) is 23.1 Å². The van der Waals surface area contributed by atoms with Gasteiger partial charge in [-0.1, -0.05) is 25.1 Å². The van der Waals surface area contributed by atoms with E-state index in [0.717, 1.165) is 71.9 Å². The minimum absolute atomic E-state index is 0.209. The summed E-state index contributed by atoms with van der Waals surface area (Å²) < 4.78 is 56.2. The first-order chi connectivity index (χ1) is 24.2.